The van der Waals surface area contributed by atoms with Crippen LogP contribution < -0.4 is 10.6 Å². The first-order valence-corrected chi connectivity index (χ1v) is 10.8. The molecular weight excluding hydrogens is 362 g/mol. The Kier molecular flexibility index (Phi) is 8.58. The first-order valence-electron chi connectivity index (χ1n) is 10.8. The van der Waals surface area contributed by atoms with Gasteiger partial charge in [0.1, 0.15) is 5.76 Å². The summed E-state index contributed by atoms with van der Waals surface area (Å²) in [5.41, 5.74) is 2.61. The van der Waals surface area contributed by atoms with Crippen molar-refractivity contribution in [3.63, 3.8) is 0 Å². The number of rotatable bonds is 8. The topological polar surface area (TPSA) is 56.0 Å². The molecule has 0 saturated carbocycles. The minimum Gasteiger partial charge on any atom is -0.469 e. The molecule has 0 spiro atoms. The van der Waals surface area contributed by atoms with Gasteiger partial charge in [0.25, 0.3) is 0 Å². The molecule has 2 N–H and O–H groups in total. The van der Waals surface area contributed by atoms with Gasteiger partial charge in [-0.05, 0) is 56.7 Å². The fraction of sp³-hybridized carbons (Fsp3) is 0.522. The standard InChI is InChI=1S/C23H35N5O/c1-3-24-23(25-12-11-22-6-4-17-29-22)26-18-20-7-9-21(10-8-20)19-28-14-5-13-27(2)15-16-28/h4,6-10,17H,3,5,11-16,18-19H2,1-2H3,(H2,24,25,26). The lowest BCUT2D eigenvalue weighted by atomic mass is 10.1. The van der Waals surface area contributed by atoms with Crippen LogP contribution in [0.25, 0.3) is 0 Å². The Hall–Kier alpha value is -2.31. The zero-order valence-electron chi connectivity index (χ0n) is 17.9. The molecule has 158 valence electrons. The number of hydrogen-bond donors (Lipinski definition) is 2. The predicted molar refractivity (Wildman–Crippen MR) is 119 cm³/mol. The Morgan fingerprint density at radius 1 is 1.03 bits per heavy atom. The molecular formula is C23H35N5O. The smallest absolute Gasteiger partial charge is 0.191 e. The van der Waals surface area contributed by atoms with Crippen LogP contribution in [0.2, 0.25) is 0 Å². The molecule has 0 atom stereocenters. The molecule has 0 bridgehead atoms. The summed E-state index contributed by atoms with van der Waals surface area (Å²) in [5.74, 6) is 1.83. The third-order valence-electron chi connectivity index (χ3n) is 5.25. The lowest BCUT2D eigenvalue weighted by molar-refractivity contribution is 0.269. The largest absolute Gasteiger partial charge is 0.469 e. The molecule has 6 nitrogen and oxygen atoms in total. The van der Waals surface area contributed by atoms with Crippen LogP contribution in [0.5, 0.6) is 0 Å². The van der Waals surface area contributed by atoms with Crippen molar-refractivity contribution in [1.29, 1.82) is 0 Å². The molecule has 1 fully saturated rings. The molecule has 2 aromatic rings. The van der Waals surface area contributed by atoms with Gasteiger partial charge in [-0.2, -0.15) is 0 Å². The van der Waals surface area contributed by atoms with Gasteiger partial charge in [0, 0.05) is 39.1 Å². The van der Waals surface area contributed by atoms with Gasteiger partial charge in [-0.3, -0.25) is 4.90 Å². The molecule has 0 aliphatic carbocycles. The fourth-order valence-corrected chi connectivity index (χ4v) is 3.54. The van der Waals surface area contributed by atoms with Crippen molar-refractivity contribution in [2.75, 3.05) is 46.3 Å². The first-order chi connectivity index (χ1) is 14.2. The van der Waals surface area contributed by atoms with Crippen molar-refractivity contribution in [2.24, 2.45) is 4.99 Å². The van der Waals surface area contributed by atoms with E-state index >= 15 is 0 Å². The Bertz CT molecular complexity index is 726. The molecule has 1 aromatic heterocycles. The molecule has 3 rings (SSSR count). The minimum absolute atomic E-state index is 0.672. The Morgan fingerprint density at radius 3 is 2.62 bits per heavy atom. The number of likely N-dealkylation sites (N-methyl/N-ethyl adjacent to an activating group) is 1. The van der Waals surface area contributed by atoms with E-state index in [0.29, 0.717) is 6.54 Å². The van der Waals surface area contributed by atoms with Crippen molar-refractivity contribution in [2.45, 2.75) is 32.9 Å². The summed E-state index contributed by atoms with van der Waals surface area (Å²) in [6.07, 6.45) is 3.81. The van der Waals surface area contributed by atoms with Crippen LogP contribution in [0, 0.1) is 0 Å². The third-order valence-corrected chi connectivity index (χ3v) is 5.25. The van der Waals surface area contributed by atoms with E-state index in [1.54, 1.807) is 6.26 Å². The number of hydrogen-bond acceptors (Lipinski definition) is 4. The second-order valence-corrected chi connectivity index (χ2v) is 7.70. The van der Waals surface area contributed by atoms with Crippen molar-refractivity contribution in [3.05, 3.63) is 59.5 Å². The number of benzene rings is 1. The van der Waals surface area contributed by atoms with Gasteiger partial charge in [-0.25, -0.2) is 4.99 Å². The monoisotopic (exact) mass is 397 g/mol. The number of nitrogens with one attached hydrogen (secondary N) is 2. The molecule has 29 heavy (non-hydrogen) atoms. The molecule has 0 radical (unpaired) electrons. The van der Waals surface area contributed by atoms with E-state index in [9.17, 15) is 0 Å². The van der Waals surface area contributed by atoms with Gasteiger partial charge < -0.3 is 20.0 Å². The molecule has 6 heteroatoms. The lowest BCUT2D eigenvalue weighted by Gasteiger charge is -2.20. The van der Waals surface area contributed by atoms with Crippen LogP contribution in [-0.2, 0) is 19.5 Å². The van der Waals surface area contributed by atoms with Crippen LogP contribution in [0.4, 0.5) is 0 Å². The maximum Gasteiger partial charge on any atom is 0.191 e. The highest BCUT2D eigenvalue weighted by molar-refractivity contribution is 5.79. The van der Waals surface area contributed by atoms with E-state index in [2.05, 4.69) is 58.7 Å². The average molecular weight is 398 g/mol. The van der Waals surface area contributed by atoms with E-state index in [0.717, 1.165) is 50.9 Å². The molecule has 1 aromatic carbocycles. The fourth-order valence-electron chi connectivity index (χ4n) is 3.54. The molecule has 0 unspecified atom stereocenters. The van der Waals surface area contributed by atoms with E-state index < -0.39 is 0 Å². The normalized spacial score (nSPS) is 16.6. The van der Waals surface area contributed by atoms with Crippen LogP contribution in [-0.4, -0.2) is 62.1 Å². The van der Waals surface area contributed by atoms with Gasteiger partial charge in [0.05, 0.1) is 12.8 Å². The number of guanidine groups is 1. The average Bonchev–Trinajstić information content (AvgIpc) is 3.16. The molecule has 1 aliphatic heterocycles. The summed E-state index contributed by atoms with van der Waals surface area (Å²) in [6.45, 7) is 10.1. The number of furan rings is 1. The number of nitrogens with zero attached hydrogens (tertiary/aromatic N) is 3. The van der Waals surface area contributed by atoms with E-state index in [1.165, 1.54) is 30.6 Å². The molecule has 0 amide bonds. The highest BCUT2D eigenvalue weighted by Gasteiger charge is 2.12. The predicted octanol–water partition coefficient (Wildman–Crippen LogP) is 2.71. The highest BCUT2D eigenvalue weighted by atomic mass is 16.3. The van der Waals surface area contributed by atoms with Crippen LogP contribution >= 0.6 is 0 Å². The van der Waals surface area contributed by atoms with Gasteiger partial charge in [-0.1, -0.05) is 24.3 Å². The SMILES string of the molecule is CCNC(=NCc1ccc(CN2CCCN(C)CC2)cc1)NCCc1ccco1. The maximum absolute atomic E-state index is 5.38. The van der Waals surface area contributed by atoms with Crippen LogP contribution in [0.3, 0.4) is 0 Å². The van der Waals surface area contributed by atoms with Gasteiger partial charge in [0.2, 0.25) is 0 Å². The van der Waals surface area contributed by atoms with E-state index in [4.69, 9.17) is 9.41 Å². The van der Waals surface area contributed by atoms with Crippen molar-refractivity contribution in [1.82, 2.24) is 20.4 Å². The molecule has 2 heterocycles. The van der Waals surface area contributed by atoms with Gasteiger partial charge in [-0.15, -0.1) is 0 Å². The number of aliphatic imine (C=N–C) groups is 1. The van der Waals surface area contributed by atoms with Gasteiger partial charge >= 0.3 is 0 Å². The van der Waals surface area contributed by atoms with Crippen molar-refractivity contribution < 1.29 is 4.42 Å². The van der Waals surface area contributed by atoms with E-state index in [1.807, 2.05) is 12.1 Å². The lowest BCUT2D eigenvalue weighted by Crippen LogP contribution is -2.38. The first kappa shape index (κ1) is 21.4. The highest BCUT2D eigenvalue weighted by Crippen LogP contribution is 2.11. The summed E-state index contributed by atoms with van der Waals surface area (Å²) in [7, 11) is 2.21. The maximum atomic E-state index is 5.38. The summed E-state index contributed by atoms with van der Waals surface area (Å²) in [4.78, 5) is 9.70. The molecule has 1 aliphatic rings. The van der Waals surface area contributed by atoms with Crippen LogP contribution in [0.1, 0.15) is 30.2 Å². The summed E-state index contributed by atoms with van der Waals surface area (Å²) in [6, 6.07) is 12.8. The summed E-state index contributed by atoms with van der Waals surface area (Å²) < 4.78 is 5.38. The van der Waals surface area contributed by atoms with Crippen molar-refractivity contribution in [3.8, 4) is 0 Å². The van der Waals surface area contributed by atoms with Crippen LogP contribution in [0.15, 0.2) is 52.1 Å². The molecule has 1 saturated heterocycles. The Morgan fingerprint density at radius 2 is 1.86 bits per heavy atom. The quantitative estimate of drug-likeness (QED) is 0.530. The Labute approximate surface area is 175 Å². The third kappa shape index (κ3) is 7.55. The van der Waals surface area contributed by atoms with Gasteiger partial charge in [0.15, 0.2) is 5.96 Å². The minimum atomic E-state index is 0.672. The zero-order chi connectivity index (χ0) is 20.3. The Balaban J connectivity index is 1.47. The second-order valence-electron chi connectivity index (χ2n) is 7.70. The summed E-state index contributed by atoms with van der Waals surface area (Å²) in [5, 5.41) is 6.68. The van der Waals surface area contributed by atoms with E-state index in [-0.39, 0.29) is 0 Å². The zero-order valence-corrected chi connectivity index (χ0v) is 17.9. The van der Waals surface area contributed by atoms with Crippen molar-refractivity contribution >= 4 is 5.96 Å². The summed E-state index contributed by atoms with van der Waals surface area (Å²) >= 11 is 0. The second kappa shape index (κ2) is 11.6.